The van der Waals surface area contributed by atoms with Crippen LogP contribution >= 0.6 is 15.9 Å². The van der Waals surface area contributed by atoms with Gasteiger partial charge in [0.05, 0.1) is 11.6 Å². The molecule has 0 saturated carbocycles. The van der Waals surface area contributed by atoms with Crippen molar-refractivity contribution in [3.8, 4) is 6.07 Å². The number of hydrogen-bond donors (Lipinski definition) is 2. The molecule has 0 radical (unpaired) electrons. The normalized spacial score (nSPS) is 10.1. The zero-order valence-corrected chi connectivity index (χ0v) is 14.7. The highest BCUT2D eigenvalue weighted by Crippen LogP contribution is 2.22. The van der Waals surface area contributed by atoms with E-state index in [1.54, 1.807) is 24.5 Å². The van der Waals surface area contributed by atoms with Crippen LogP contribution in [0.4, 0.5) is 11.6 Å². The predicted molar refractivity (Wildman–Crippen MR) is 105 cm³/mol. The fraction of sp³-hybridized carbons (Fsp3) is 0. The van der Waals surface area contributed by atoms with Crippen LogP contribution in [0, 0.1) is 11.3 Å². The van der Waals surface area contributed by atoms with Crippen LogP contribution < -0.4 is 11.5 Å². The highest BCUT2D eigenvalue weighted by Gasteiger charge is 1.99. The van der Waals surface area contributed by atoms with Crippen molar-refractivity contribution in [3.05, 3.63) is 71.0 Å². The lowest BCUT2D eigenvalue weighted by Crippen LogP contribution is -1.90. The van der Waals surface area contributed by atoms with E-state index in [1.807, 2.05) is 36.4 Å². The lowest BCUT2D eigenvalue weighted by atomic mass is 10.1. The van der Waals surface area contributed by atoms with Gasteiger partial charge in [-0.1, -0.05) is 15.9 Å². The number of nitrogens with two attached hydrogens (primary N) is 2. The Hall–Kier alpha value is -3.17. The van der Waals surface area contributed by atoms with E-state index in [4.69, 9.17) is 16.7 Å². The third kappa shape index (κ3) is 3.67. The van der Waals surface area contributed by atoms with Crippen molar-refractivity contribution in [1.29, 1.82) is 5.26 Å². The molecule has 4 rings (SSSR count). The van der Waals surface area contributed by atoms with Crippen LogP contribution in [0.15, 0.2) is 65.4 Å². The maximum atomic E-state index is 8.67. The molecule has 2 aromatic carbocycles. The fourth-order valence-electron chi connectivity index (χ4n) is 2.44. The van der Waals surface area contributed by atoms with Crippen molar-refractivity contribution in [1.82, 2.24) is 9.97 Å². The standard InChI is InChI=1S/C10H7N3.C9H7BrN2/c11-6-7-1-2-9-8(5-7)3-4-13-10(9)12;10-7-1-2-8-6(5-7)3-4-12-9(8)11/h1-5H,(H2,12,13);1-5H,(H2,11,12). The number of rotatable bonds is 0. The van der Waals surface area contributed by atoms with E-state index in [0.717, 1.165) is 26.0 Å². The molecule has 0 amide bonds. The van der Waals surface area contributed by atoms with Crippen molar-refractivity contribution in [2.45, 2.75) is 0 Å². The van der Waals surface area contributed by atoms with Gasteiger partial charge >= 0.3 is 0 Å². The van der Waals surface area contributed by atoms with Crippen LogP contribution in [0.25, 0.3) is 21.5 Å². The summed E-state index contributed by atoms with van der Waals surface area (Å²) in [6.45, 7) is 0. The first-order valence-corrected chi connectivity index (χ1v) is 8.22. The van der Waals surface area contributed by atoms with Crippen molar-refractivity contribution >= 4 is 49.1 Å². The summed E-state index contributed by atoms with van der Waals surface area (Å²) in [5, 5.41) is 12.6. The Morgan fingerprint density at radius 1 is 0.800 bits per heavy atom. The molecule has 0 unspecified atom stereocenters. The van der Waals surface area contributed by atoms with Gasteiger partial charge in [0.15, 0.2) is 0 Å². The third-order valence-electron chi connectivity index (χ3n) is 3.68. The van der Waals surface area contributed by atoms with Gasteiger partial charge in [-0.2, -0.15) is 5.26 Å². The Balaban J connectivity index is 0.000000146. The number of fused-ring (bicyclic) bond motifs is 2. The minimum absolute atomic E-state index is 0.502. The van der Waals surface area contributed by atoms with Crippen LogP contribution in [0.3, 0.4) is 0 Å². The third-order valence-corrected chi connectivity index (χ3v) is 4.17. The van der Waals surface area contributed by atoms with Gasteiger partial charge in [0.2, 0.25) is 0 Å². The van der Waals surface area contributed by atoms with Gasteiger partial charge in [-0.3, -0.25) is 0 Å². The average molecular weight is 392 g/mol. The van der Waals surface area contributed by atoms with E-state index in [-0.39, 0.29) is 0 Å². The van der Waals surface area contributed by atoms with E-state index in [0.29, 0.717) is 17.2 Å². The summed E-state index contributed by atoms with van der Waals surface area (Å²) in [5.74, 6) is 1.09. The zero-order valence-electron chi connectivity index (χ0n) is 13.1. The van der Waals surface area contributed by atoms with Crippen molar-refractivity contribution in [3.63, 3.8) is 0 Å². The first-order chi connectivity index (χ1) is 12.1. The SMILES string of the molecule is N#Cc1ccc2c(N)nccc2c1.Nc1nccc2cc(Br)ccc12. The van der Waals surface area contributed by atoms with E-state index in [2.05, 4.69) is 32.0 Å². The molecule has 0 aliphatic carbocycles. The van der Waals surface area contributed by atoms with Crippen LogP contribution in [0.5, 0.6) is 0 Å². The molecule has 0 fully saturated rings. The average Bonchev–Trinajstić information content (AvgIpc) is 2.62. The zero-order chi connectivity index (χ0) is 17.8. The second kappa shape index (κ2) is 7.16. The van der Waals surface area contributed by atoms with Crippen molar-refractivity contribution in [2.24, 2.45) is 0 Å². The second-order valence-electron chi connectivity index (χ2n) is 5.31. The van der Waals surface area contributed by atoms with Crippen LogP contribution in [0.1, 0.15) is 5.56 Å². The maximum absolute atomic E-state index is 8.67. The molecular formula is C19H14BrN5. The molecule has 2 aromatic heterocycles. The van der Waals surface area contributed by atoms with Gasteiger partial charge in [0.25, 0.3) is 0 Å². The lowest BCUT2D eigenvalue weighted by molar-refractivity contribution is 1.37. The number of nitrogen functional groups attached to an aromatic ring is 2. The molecule has 5 nitrogen and oxygen atoms in total. The van der Waals surface area contributed by atoms with E-state index >= 15 is 0 Å². The summed E-state index contributed by atoms with van der Waals surface area (Å²) in [7, 11) is 0. The summed E-state index contributed by atoms with van der Waals surface area (Å²) in [4.78, 5) is 7.96. The molecule has 25 heavy (non-hydrogen) atoms. The number of pyridine rings is 2. The molecule has 6 heteroatoms. The smallest absolute Gasteiger partial charge is 0.131 e. The highest BCUT2D eigenvalue weighted by molar-refractivity contribution is 9.10. The summed E-state index contributed by atoms with van der Waals surface area (Å²) < 4.78 is 1.06. The molecule has 122 valence electrons. The van der Waals surface area contributed by atoms with E-state index < -0.39 is 0 Å². The Labute approximate surface area is 153 Å². The molecular weight excluding hydrogens is 378 g/mol. The quantitative estimate of drug-likeness (QED) is 0.465. The lowest BCUT2D eigenvalue weighted by Gasteiger charge is -1.99. The molecule has 0 bridgehead atoms. The van der Waals surface area contributed by atoms with Crippen LogP contribution in [0.2, 0.25) is 0 Å². The van der Waals surface area contributed by atoms with Crippen LogP contribution in [-0.2, 0) is 0 Å². The van der Waals surface area contributed by atoms with E-state index in [9.17, 15) is 0 Å². The predicted octanol–water partition coefficient (Wildman–Crippen LogP) is 4.27. The molecule has 2 heterocycles. The summed E-state index contributed by atoms with van der Waals surface area (Å²) in [6, 6.07) is 17.1. The highest BCUT2D eigenvalue weighted by atomic mass is 79.9. The number of aromatic nitrogens is 2. The molecule has 0 aliphatic rings. The molecule has 0 spiro atoms. The summed E-state index contributed by atoms with van der Waals surface area (Å²) in [5.41, 5.74) is 12.0. The van der Waals surface area contributed by atoms with Gasteiger partial charge in [-0.15, -0.1) is 0 Å². The number of nitrogens with zero attached hydrogens (tertiary/aromatic N) is 3. The number of anilines is 2. The molecule has 4 aromatic rings. The van der Waals surface area contributed by atoms with Crippen molar-refractivity contribution < 1.29 is 0 Å². The van der Waals surface area contributed by atoms with E-state index in [1.165, 1.54) is 0 Å². The van der Waals surface area contributed by atoms with Crippen molar-refractivity contribution in [2.75, 3.05) is 11.5 Å². The first kappa shape index (κ1) is 16.7. The Kier molecular flexibility index (Phi) is 4.78. The monoisotopic (exact) mass is 391 g/mol. The van der Waals surface area contributed by atoms with Crippen LogP contribution in [-0.4, -0.2) is 9.97 Å². The summed E-state index contributed by atoms with van der Waals surface area (Å²) >= 11 is 3.40. The number of hydrogen-bond acceptors (Lipinski definition) is 5. The van der Waals surface area contributed by atoms with Gasteiger partial charge in [-0.25, -0.2) is 9.97 Å². The molecule has 0 saturated heterocycles. The molecule has 0 aliphatic heterocycles. The Morgan fingerprint density at radius 3 is 1.96 bits per heavy atom. The van der Waals surface area contributed by atoms with Gasteiger partial charge < -0.3 is 11.5 Å². The molecule has 0 atom stereocenters. The fourth-order valence-corrected chi connectivity index (χ4v) is 2.82. The Morgan fingerprint density at radius 2 is 1.36 bits per heavy atom. The Bertz CT molecular complexity index is 1100. The van der Waals surface area contributed by atoms with Gasteiger partial charge in [0.1, 0.15) is 11.6 Å². The topological polar surface area (TPSA) is 102 Å². The molecule has 4 N–H and O–H groups in total. The minimum atomic E-state index is 0.502. The maximum Gasteiger partial charge on any atom is 0.131 e. The largest absolute Gasteiger partial charge is 0.383 e. The number of halogens is 1. The summed E-state index contributed by atoms with van der Waals surface area (Å²) in [6.07, 6.45) is 3.35. The second-order valence-corrected chi connectivity index (χ2v) is 6.22. The minimum Gasteiger partial charge on any atom is -0.383 e. The first-order valence-electron chi connectivity index (χ1n) is 7.42. The van der Waals surface area contributed by atoms with Gasteiger partial charge in [0, 0.05) is 27.6 Å². The number of benzene rings is 2. The number of nitriles is 1. The van der Waals surface area contributed by atoms with Gasteiger partial charge in [-0.05, 0) is 59.3 Å².